The summed E-state index contributed by atoms with van der Waals surface area (Å²) in [6.45, 7) is 1.94. The minimum absolute atomic E-state index is 0.0915. The Balaban J connectivity index is 1.71. The highest BCUT2D eigenvalue weighted by molar-refractivity contribution is 7.17. The largest absolute Gasteiger partial charge is 0.462 e. The van der Waals surface area contributed by atoms with Gasteiger partial charge in [-0.15, -0.1) is 11.3 Å². The number of hydrogen-bond acceptors (Lipinski definition) is 5. The van der Waals surface area contributed by atoms with Crippen LogP contribution in [0.25, 0.3) is 0 Å². The molecule has 1 heterocycles. The van der Waals surface area contributed by atoms with Gasteiger partial charge in [0.25, 0.3) is 0 Å². The van der Waals surface area contributed by atoms with Crippen molar-refractivity contribution in [1.29, 1.82) is 0 Å². The molecule has 0 saturated heterocycles. The van der Waals surface area contributed by atoms with Gasteiger partial charge >= 0.3 is 5.97 Å². The van der Waals surface area contributed by atoms with Gasteiger partial charge in [0.1, 0.15) is 10.8 Å². The van der Waals surface area contributed by atoms with E-state index >= 15 is 0 Å². The zero-order valence-corrected chi connectivity index (χ0v) is 14.7. The third-order valence-electron chi connectivity index (χ3n) is 3.97. The van der Waals surface area contributed by atoms with E-state index in [4.69, 9.17) is 4.74 Å². The van der Waals surface area contributed by atoms with Crippen LogP contribution < -0.4 is 10.6 Å². The summed E-state index contributed by atoms with van der Waals surface area (Å²) in [5.41, 5.74) is 1.72. The van der Waals surface area contributed by atoms with Crippen LogP contribution in [0.3, 0.4) is 0 Å². The second-order valence-electron chi connectivity index (χ2n) is 5.66. The molecule has 1 aromatic carbocycles. The number of nitrogens with one attached hydrogen (secondary N) is 2. The highest BCUT2D eigenvalue weighted by Gasteiger charge is 2.28. The molecule has 25 heavy (non-hydrogen) atoms. The van der Waals surface area contributed by atoms with Gasteiger partial charge in [0.2, 0.25) is 5.91 Å². The van der Waals surface area contributed by atoms with Gasteiger partial charge in [0.05, 0.1) is 24.4 Å². The fourth-order valence-corrected chi connectivity index (χ4v) is 4.16. The van der Waals surface area contributed by atoms with Crippen LogP contribution in [0, 0.1) is 5.82 Å². The Morgan fingerprint density at radius 1 is 1.28 bits per heavy atom. The number of thiophene rings is 1. The van der Waals surface area contributed by atoms with E-state index in [9.17, 15) is 14.0 Å². The van der Waals surface area contributed by atoms with Crippen molar-refractivity contribution in [2.45, 2.75) is 26.2 Å². The molecule has 0 unspecified atom stereocenters. The average Bonchev–Trinajstić information content (AvgIpc) is 3.14. The normalized spacial score (nSPS) is 12.6. The number of hydrogen-bond donors (Lipinski definition) is 2. The number of carbonyl (C=O) groups excluding carboxylic acids is 2. The Kier molecular flexibility index (Phi) is 5.33. The molecule has 1 aliphatic carbocycles. The number of carbonyl (C=O) groups is 2. The van der Waals surface area contributed by atoms with E-state index in [1.165, 1.54) is 17.4 Å². The standard InChI is InChI=1S/C18H19FN2O3S/c1-2-24-18(23)16-11-6-5-9-14(11)25-17(16)21-15(22)10-20-13-8-4-3-7-12(13)19/h3-4,7-8,20H,2,5-6,9-10H2,1H3,(H,21,22). The van der Waals surface area contributed by atoms with Gasteiger partial charge in [0, 0.05) is 4.88 Å². The van der Waals surface area contributed by atoms with Gasteiger partial charge in [-0.05, 0) is 43.9 Å². The monoisotopic (exact) mass is 362 g/mol. The third-order valence-corrected chi connectivity index (χ3v) is 5.17. The second-order valence-corrected chi connectivity index (χ2v) is 6.77. The average molecular weight is 362 g/mol. The van der Waals surface area contributed by atoms with Crippen LogP contribution in [0.4, 0.5) is 15.1 Å². The van der Waals surface area contributed by atoms with E-state index in [-0.39, 0.29) is 24.7 Å². The van der Waals surface area contributed by atoms with E-state index in [0.29, 0.717) is 10.6 Å². The molecule has 3 rings (SSSR count). The number of benzene rings is 1. The minimum atomic E-state index is -0.419. The van der Waals surface area contributed by atoms with Crippen LogP contribution in [-0.2, 0) is 22.4 Å². The zero-order chi connectivity index (χ0) is 17.8. The van der Waals surface area contributed by atoms with Gasteiger partial charge in [-0.1, -0.05) is 12.1 Å². The molecule has 5 nitrogen and oxygen atoms in total. The Bertz CT molecular complexity index is 804. The summed E-state index contributed by atoms with van der Waals surface area (Å²) in [5.74, 6) is -1.16. The first-order valence-electron chi connectivity index (χ1n) is 8.20. The number of rotatable bonds is 6. The Morgan fingerprint density at radius 2 is 2.08 bits per heavy atom. The maximum Gasteiger partial charge on any atom is 0.341 e. The lowest BCUT2D eigenvalue weighted by molar-refractivity contribution is -0.114. The summed E-state index contributed by atoms with van der Waals surface area (Å²) in [7, 11) is 0. The van der Waals surface area contributed by atoms with Crippen molar-refractivity contribution in [2.75, 3.05) is 23.8 Å². The lowest BCUT2D eigenvalue weighted by atomic mass is 10.1. The summed E-state index contributed by atoms with van der Waals surface area (Å²) in [6, 6.07) is 6.15. The van der Waals surface area contributed by atoms with Crippen molar-refractivity contribution in [3.05, 3.63) is 46.1 Å². The maximum atomic E-state index is 13.6. The van der Waals surface area contributed by atoms with Crippen LogP contribution >= 0.6 is 11.3 Å². The number of para-hydroxylation sites is 1. The topological polar surface area (TPSA) is 67.4 Å². The number of fused-ring (bicyclic) bond motifs is 1. The summed E-state index contributed by atoms with van der Waals surface area (Å²) < 4.78 is 18.7. The van der Waals surface area contributed by atoms with E-state index < -0.39 is 11.8 Å². The Labute approximate surface area is 149 Å². The molecular formula is C18H19FN2O3S. The van der Waals surface area contributed by atoms with Crippen LogP contribution in [0.1, 0.15) is 34.1 Å². The molecule has 1 aromatic heterocycles. The molecule has 0 radical (unpaired) electrons. The first-order chi connectivity index (χ1) is 12.1. The van der Waals surface area contributed by atoms with E-state index in [2.05, 4.69) is 10.6 Å². The molecule has 0 fully saturated rings. The van der Waals surface area contributed by atoms with E-state index in [1.54, 1.807) is 25.1 Å². The van der Waals surface area contributed by atoms with Gasteiger partial charge in [0.15, 0.2) is 0 Å². The van der Waals surface area contributed by atoms with Gasteiger partial charge in [-0.3, -0.25) is 4.79 Å². The van der Waals surface area contributed by atoms with Crippen molar-refractivity contribution < 1.29 is 18.7 Å². The molecule has 2 N–H and O–H groups in total. The summed E-state index contributed by atoms with van der Waals surface area (Å²) in [4.78, 5) is 25.6. The minimum Gasteiger partial charge on any atom is -0.462 e. The van der Waals surface area contributed by atoms with Crippen molar-refractivity contribution in [2.24, 2.45) is 0 Å². The van der Waals surface area contributed by atoms with E-state index in [0.717, 1.165) is 29.7 Å². The van der Waals surface area contributed by atoms with Crippen LogP contribution in [0.5, 0.6) is 0 Å². The lowest BCUT2D eigenvalue weighted by Crippen LogP contribution is -2.23. The number of anilines is 2. The number of aryl methyl sites for hydroxylation is 1. The zero-order valence-electron chi connectivity index (χ0n) is 13.9. The van der Waals surface area contributed by atoms with Crippen LogP contribution in [0.2, 0.25) is 0 Å². The fraction of sp³-hybridized carbons (Fsp3) is 0.333. The smallest absolute Gasteiger partial charge is 0.341 e. The highest BCUT2D eigenvalue weighted by atomic mass is 32.1. The molecule has 0 saturated carbocycles. The molecule has 0 aliphatic heterocycles. The number of ether oxygens (including phenoxy) is 1. The molecule has 0 spiro atoms. The fourth-order valence-electron chi connectivity index (χ4n) is 2.86. The first kappa shape index (κ1) is 17.4. The molecule has 132 valence electrons. The Hall–Kier alpha value is -2.41. The first-order valence-corrected chi connectivity index (χ1v) is 9.01. The van der Waals surface area contributed by atoms with Crippen LogP contribution in [-0.4, -0.2) is 25.0 Å². The van der Waals surface area contributed by atoms with Crippen molar-refractivity contribution in [1.82, 2.24) is 0 Å². The molecule has 1 amide bonds. The van der Waals surface area contributed by atoms with Gasteiger partial charge < -0.3 is 15.4 Å². The second kappa shape index (κ2) is 7.65. The molecule has 0 bridgehead atoms. The van der Waals surface area contributed by atoms with Gasteiger partial charge in [-0.2, -0.15) is 0 Å². The van der Waals surface area contributed by atoms with Crippen molar-refractivity contribution >= 4 is 33.9 Å². The number of amides is 1. The summed E-state index contributed by atoms with van der Waals surface area (Å²) in [5, 5.41) is 6.04. The lowest BCUT2D eigenvalue weighted by Gasteiger charge is -2.09. The van der Waals surface area contributed by atoms with Crippen LogP contribution in [0.15, 0.2) is 24.3 Å². The molecule has 2 aromatic rings. The Morgan fingerprint density at radius 3 is 2.84 bits per heavy atom. The predicted octanol–water partition coefficient (Wildman–Crippen LogP) is 3.60. The van der Waals surface area contributed by atoms with Gasteiger partial charge in [-0.25, -0.2) is 9.18 Å². The quantitative estimate of drug-likeness (QED) is 0.771. The van der Waals surface area contributed by atoms with E-state index in [1.807, 2.05) is 0 Å². The maximum absolute atomic E-state index is 13.6. The summed E-state index contributed by atoms with van der Waals surface area (Å²) >= 11 is 1.42. The third kappa shape index (κ3) is 3.82. The molecular weight excluding hydrogens is 343 g/mol. The molecule has 7 heteroatoms. The number of halogens is 1. The highest BCUT2D eigenvalue weighted by Crippen LogP contribution is 2.39. The molecule has 0 atom stereocenters. The summed E-state index contributed by atoms with van der Waals surface area (Å²) in [6.07, 6.45) is 2.75. The van der Waals surface area contributed by atoms with Crippen molar-refractivity contribution in [3.63, 3.8) is 0 Å². The van der Waals surface area contributed by atoms with Crippen molar-refractivity contribution in [3.8, 4) is 0 Å². The SMILES string of the molecule is CCOC(=O)c1c(NC(=O)CNc2ccccc2F)sc2c1CCC2. The number of esters is 1. The molecule has 1 aliphatic rings. The predicted molar refractivity (Wildman–Crippen MR) is 95.8 cm³/mol.